The molecule has 132 valence electrons. The molecule has 25 heavy (non-hydrogen) atoms. The van der Waals surface area contributed by atoms with Crippen molar-refractivity contribution in [1.29, 1.82) is 0 Å². The standard InChI is InChI=1S/C18H21Cl2N5/c1-21-18(23-11-14-10-15(19)17(20)25(14)2)22-8-7-13-9-12-5-3-4-6-16(12)24-13/h3-6,9-10,24H,7-8,11H2,1-2H3,(H2,21,22,23). The Balaban J connectivity index is 1.51. The Morgan fingerprint density at radius 1 is 1.20 bits per heavy atom. The molecule has 0 fully saturated rings. The summed E-state index contributed by atoms with van der Waals surface area (Å²) in [4.78, 5) is 7.67. The maximum Gasteiger partial charge on any atom is 0.191 e. The lowest BCUT2D eigenvalue weighted by molar-refractivity contribution is 0.744. The van der Waals surface area contributed by atoms with Gasteiger partial charge in [-0.1, -0.05) is 41.4 Å². The van der Waals surface area contributed by atoms with Gasteiger partial charge in [-0.15, -0.1) is 0 Å². The average Bonchev–Trinajstić information content (AvgIpc) is 3.14. The molecule has 0 aliphatic carbocycles. The number of nitrogens with zero attached hydrogens (tertiary/aromatic N) is 2. The third-order valence-corrected chi connectivity index (χ3v) is 4.99. The molecule has 3 rings (SSSR count). The highest BCUT2D eigenvalue weighted by Crippen LogP contribution is 2.24. The van der Waals surface area contributed by atoms with E-state index in [1.54, 1.807) is 7.05 Å². The van der Waals surface area contributed by atoms with Crippen molar-refractivity contribution >= 4 is 40.1 Å². The Labute approximate surface area is 157 Å². The number of H-pyrrole nitrogens is 1. The molecule has 1 aromatic carbocycles. The number of halogens is 2. The predicted octanol–water partition coefficient (Wildman–Crippen LogP) is 3.72. The number of para-hydroxylation sites is 1. The summed E-state index contributed by atoms with van der Waals surface area (Å²) >= 11 is 12.1. The molecule has 0 saturated carbocycles. The van der Waals surface area contributed by atoms with E-state index in [0.717, 1.165) is 30.1 Å². The molecule has 0 amide bonds. The Bertz CT molecular complexity index is 861. The van der Waals surface area contributed by atoms with Crippen molar-refractivity contribution in [3.8, 4) is 0 Å². The molecule has 2 aromatic heterocycles. The van der Waals surface area contributed by atoms with Gasteiger partial charge < -0.3 is 20.2 Å². The molecule has 2 heterocycles. The molecule has 5 nitrogen and oxygen atoms in total. The van der Waals surface area contributed by atoms with Crippen LogP contribution in [0.4, 0.5) is 0 Å². The van der Waals surface area contributed by atoms with Crippen molar-refractivity contribution in [2.75, 3.05) is 13.6 Å². The van der Waals surface area contributed by atoms with Crippen LogP contribution in [-0.4, -0.2) is 29.1 Å². The Hall–Kier alpha value is -2.11. The quantitative estimate of drug-likeness (QED) is 0.468. The molecule has 0 bridgehead atoms. The van der Waals surface area contributed by atoms with Gasteiger partial charge >= 0.3 is 0 Å². The van der Waals surface area contributed by atoms with Crippen LogP contribution in [-0.2, 0) is 20.0 Å². The van der Waals surface area contributed by atoms with Gasteiger partial charge in [0, 0.05) is 44.0 Å². The molecule has 0 radical (unpaired) electrons. The van der Waals surface area contributed by atoms with E-state index in [2.05, 4.69) is 38.8 Å². The highest BCUT2D eigenvalue weighted by atomic mass is 35.5. The first-order valence-corrected chi connectivity index (χ1v) is 8.85. The van der Waals surface area contributed by atoms with Gasteiger partial charge in [0.15, 0.2) is 5.96 Å². The first kappa shape index (κ1) is 17.7. The summed E-state index contributed by atoms with van der Waals surface area (Å²) in [6.45, 7) is 1.37. The zero-order valence-corrected chi connectivity index (χ0v) is 15.7. The van der Waals surface area contributed by atoms with Crippen LogP contribution < -0.4 is 10.6 Å². The second-order valence-corrected chi connectivity index (χ2v) is 6.58. The van der Waals surface area contributed by atoms with Gasteiger partial charge in [-0.25, -0.2) is 0 Å². The molecule has 7 heteroatoms. The minimum Gasteiger partial charge on any atom is -0.358 e. The van der Waals surface area contributed by atoms with Gasteiger partial charge in [-0.05, 0) is 23.6 Å². The molecular formula is C18H21Cl2N5. The van der Waals surface area contributed by atoms with Crippen molar-refractivity contribution in [3.63, 3.8) is 0 Å². The molecule has 3 aromatic rings. The van der Waals surface area contributed by atoms with Gasteiger partial charge in [0.05, 0.1) is 11.6 Å². The lowest BCUT2D eigenvalue weighted by Crippen LogP contribution is -2.38. The number of fused-ring (bicyclic) bond motifs is 1. The summed E-state index contributed by atoms with van der Waals surface area (Å²) < 4.78 is 1.86. The molecule has 0 saturated heterocycles. The van der Waals surface area contributed by atoms with E-state index in [0.29, 0.717) is 16.7 Å². The number of hydrogen-bond donors (Lipinski definition) is 3. The van der Waals surface area contributed by atoms with Crippen molar-refractivity contribution in [1.82, 2.24) is 20.2 Å². The number of aliphatic imine (C=N–C) groups is 1. The van der Waals surface area contributed by atoms with Crippen LogP contribution in [0.25, 0.3) is 10.9 Å². The smallest absolute Gasteiger partial charge is 0.191 e. The lowest BCUT2D eigenvalue weighted by atomic mass is 10.2. The second-order valence-electron chi connectivity index (χ2n) is 5.82. The largest absolute Gasteiger partial charge is 0.358 e. The van der Waals surface area contributed by atoms with E-state index in [-0.39, 0.29) is 0 Å². The third kappa shape index (κ3) is 4.11. The number of aromatic nitrogens is 2. The minimum atomic E-state index is 0.542. The highest BCUT2D eigenvalue weighted by Gasteiger charge is 2.09. The van der Waals surface area contributed by atoms with E-state index in [1.807, 2.05) is 29.8 Å². The predicted molar refractivity (Wildman–Crippen MR) is 106 cm³/mol. The van der Waals surface area contributed by atoms with Crippen LogP contribution in [0.5, 0.6) is 0 Å². The van der Waals surface area contributed by atoms with E-state index >= 15 is 0 Å². The summed E-state index contributed by atoms with van der Waals surface area (Å²) in [5, 5.41) is 8.92. The zero-order chi connectivity index (χ0) is 17.8. The first-order valence-electron chi connectivity index (χ1n) is 8.09. The van der Waals surface area contributed by atoms with E-state index in [1.165, 1.54) is 11.1 Å². The van der Waals surface area contributed by atoms with E-state index < -0.39 is 0 Å². The number of guanidine groups is 1. The number of nitrogens with one attached hydrogen (secondary N) is 3. The fourth-order valence-electron chi connectivity index (χ4n) is 2.74. The molecule has 0 atom stereocenters. The molecule has 0 aliphatic rings. The van der Waals surface area contributed by atoms with Crippen molar-refractivity contribution in [2.45, 2.75) is 13.0 Å². The van der Waals surface area contributed by atoms with E-state index in [9.17, 15) is 0 Å². The maximum absolute atomic E-state index is 6.09. The topological polar surface area (TPSA) is 57.1 Å². The summed E-state index contributed by atoms with van der Waals surface area (Å²) in [5.41, 5.74) is 3.36. The fraction of sp³-hybridized carbons (Fsp3) is 0.278. The molecule has 0 aliphatic heterocycles. The third-order valence-electron chi connectivity index (χ3n) is 4.15. The van der Waals surface area contributed by atoms with Crippen LogP contribution in [0.15, 0.2) is 41.4 Å². The summed E-state index contributed by atoms with van der Waals surface area (Å²) in [6, 6.07) is 12.3. The van der Waals surface area contributed by atoms with Gasteiger partial charge in [0.2, 0.25) is 0 Å². The van der Waals surface area contributed by atoms with Crippen LogP contribution in [0.2, 0.25) is 10.2 Å². The monoisotopic (exact) mass is 377 g/mol. The molecule has 3 N–H and O–H groups in total. The van der Waals surface area contributed by atoms with Gasteiger partial charge in [-0.3, -0.25) is 4.99 Å². The minimum absolute atomic E-state index is 0.542. The average molecular weight is 378 g/mol. The first-order chi connectivity index (χ1) is 12.1. The summed E-state index contributed by atoms with van der Waals surface area (Å²) in [5.74, 6) is 0.740. The SMILES string of the molecule is CN=C(NCCc1cc2ccccc2[nH]1)NCc1cc(Cl)c(Cl)n1C. The molecule has 0 unspecified atom stereocenters. The second kappa shape index (κ2) is 7.85. The van der Waals surface area contributed by atoms with Crippen LogP contribution in [0.3, 0.4) is 0 Å². The van der Waals surface area contributed by atoms with Crippen molar-refractivity contribution < 1.29 is 0 Å². The van der Waals surface area contributed by atoms with Gasteiger partial charge in [-0.2, -0.15) is 0 Å². The van der Waals surface area contributed by atoms with Crippen LogP contribution in [0, 0.1) is 0 Å². The number of hydrogen-bond acceptors (Lipinski definition) is 1. The Morgan fingerprint density at radius 2 is 2.00 bits per heavy atom. The maximum atomic E-state index is 6.09. The number of aromatic amines is 1. The molecule has 0 spiro atoms. The Kier molecular flexibility index (Phi) is 5.56. The molecular weight excluding hydrogens is 357 g/mol. The number of benzene rings is 1. The summed E-state index contributed by atoms with van der Waals surface area (Å²) in [6.07, 6.45) is 0.886. The van der Waals surface area contributed by atoms with Crippen LogP contribution >= 0.6 is 23.2 Å². The van der Waals surface area contributed by atoms with Crippen molar-refractivity contribution in [3.05, 3.63) is 58.0 Å². The lowest BCUT2D eigenvalue weighted by Gasteiger charge is -2.12. The Morgan fingerprint density at radius 3 is 2.68 bits per heavy atom. The summed E-state index contributed by atoms with van der Waals surface area (Å²) in [7, 11) is 3.64. The zero-order valence-electron chi connectivity index (χ0n) is 14.2. The van der Waals surface area contributed by atoms with E-state index in [4.69, 9.17) is 23.2 Å². The van der Waals surface area contributed by atoms with Crippen molar-refractivity contribution in [2.24, 2.45) is 12.0 Å². The highest BCUT2D eigenvalue weighted by molar-refractivity contribution is 6.41. The normalized spacial score (nSPS) is 11.9. The van der Waals surface area contributed by atoms with Crippen LogP contribution in [0.1, 0.15) is 11.4 Å². The van der Waals surface area contributed by atoms with Gasteiger partial charge in [0.25, 0.3) is 0 Å². The number of rotatable bonds is 5. The van der Waals surface area contributed by atoms with Gasteiger partial charge in [0.1, 0.15) is 5.15 Å². The fourth-order valence-corrected chi connectivity index (χ4v) is 3.15.